The summed E-state index contributed by atoms with van der Waals surface area (Å²) in [6.07, 6.45) is 0.264. The highest BCUT2D eigenvalue weighted by Gasteiger charge is 2.32. The number of aromatic amines is 1. The van der Waals surface area contributed by atoms with Crippen LogP contribution in [0, 0.1) is 0 Å². The molecule has 3 rings (SSSR count). The molecule has 1 aliphatic heterocycles. The van der Waals surface area contributed by atoms with Crippen LogP contribution in [0.25, 0.3) is 0 Å². The fraction of sp³-hybridized carbons (Fsp3) is 0.333. The molecular weight excluding hydrogens is 290 g/mol. The molecule has 0 fully saturated rings. The monoisotopic (exact) mass is 305 g/mol. The Labute approximate surface area is 126 Å². The Bertz CT molecular complexity index is 743. The predicted octanol–water partition coefficient (Wildman–Crippen LogP) is 2.88. The standard InChI is InChI=1S/C15H16ClN3O2/c1-8(2)19-14-13(15(21)18-19)11(7-12(20)17-14)9-3-5-10(16)6-4-9/h3-6,8,11H,7H2,1-2H3,(H,17,20)(H,18,21)/t11-/m1/s1. The second-order valence-corrected chi connectivity index (χ2v) is 5.96. The predicted molar refractivity (Wildman–Crippen MR) is 82.0 cm³/mol. The van der Waals surface area contributed by atoms with E-state index in [1.807, 2.05) is 26.0 Å². The Hall–Kier alpha value is -2.01. The van der Waals surface area contributed by atoms with E-state index in [0.717, 1.165) is 5.56 Å². The number of nitrogens with one attached hydrogen (secondary N) is 2. The maximum Gasteiger partial charge on any atom is 0.270 e. The number of anilines is 1. The smallest absolute Gasteiger partial charge is 0.270 e. The molecule has 1 aliphatic rings. The van der Waals surface area contributed by atoms with Gasteiger partial charge in [-0.1, -0.05) is 23.7 Å². The first-order valence-corrected chi connectivity index (χ1v) is 7.25. The normalized spacial score (nSPS) is 17.7. The number of benzene rings is 1. The van der Waals surface area contributed by atoms with E-state index in [-0.39, 0.29) is 29.8 Å². The summed E-state index contributed by atoms with van der Waals surface area (Å²) in [6, 6.07) is 7.34. The molecule has 1 aromatic carbocycles. The Kier molecular flexibility index (Phi) is 3.37. The lowest BCUT2D eigenvalue weighted by molar-refractivity contribution is -0.116. The lowest BCUT2D eigenvalue weighted by atomic mass is 9.87. The first kappa shape index (κ1) is 13.9. The summed E-state index contributed by atoms with van der Waals surface area (Å²) < 4.78 is 1.71. The molecule has 1 aromatic heterocycles. The largest absolute Gasteiger partial charge is 0.311 e. The molecule has 6 heteroatoms. The van der Waals surface area contributed by atoms with Crippen molar-refractivity contribution in [3.05, 3.63) is 50.8 Å². The number of nitrogens with zero attached hydrogens (tertiary/aromatic N) is 1. The number of amides is 1. The Morgan fingerprint density at radius 2 is 1.90 bits per heavy atom. The van der Waals surface area contributed by atoms with Gasteiger partial charge in [-0.15, -0.1) is 0 Å². The van der Waals surface area contributed by atoms with Gasteiger partial charge in [0, 0.05) is 23.4 Å². The van der Waals surface area contributed by atoms with E-state index in [0.29, 0.717) is 16.4 Å². The van der Waals surface area contributed by atoms with Crippen LogP contribution in [0.3, 0.4) is 0 Å². The van der Waals surface area contributed by atoms with Gasteiger partial charge >= 0.3 is 0 Å². The van der Waals surface area contributed by atoms with E-state index >= 15 is 0 Å². The zero-order chi connectivity index (χ0) is 15.1. The van der Waals surface area contributed by atoms with Crippen molar-refractivity contribution >= 4 is 23.3 Å². The molecule has 2 heterocycles. The van der Waals surface area contributed by atoms with E-state index in [1.165, 1.54) is 0 Å². The lowest BCUT2D eigenvalue weighted by Gasteiger charge is -2.24. The average molecular weight is 306 g/mol. The SMILES string of the molecule is CC(C)n1[nH]c(=O)c2c1NC(=O)C[C@@H]2c1ccc(Cl)cc1. The molecule has 0 bridgehead atoms. The zero-order valence-corrected chi connectivity index (χ0v) is 12.6. The molecule has 0 saturated heterocycles. The first-order valence-electron chi connectivity index (χ1n) is 6.87. The molecule has 1 amide bonds. The van der Waals surface area contributed by atoms with Crippen LogP contribution in [-0.4, -0.2) is 15.7 Å². The molecule has 0 radical (unpaired) electrons. The number of halogens is 1. The Balaban J connectivity index is 2.16. The summed E-state index contributed by atoms with van der Waals surface area (Å²) in [4.78, 5) is 24.3. The third-order valence-electron chi connectivity index (χ3n) is 3.75. The Morgan fingerprint density at radius 1 is 1.24 bits per heavy atom. The van der Waals surface area contributed by atoms with Crippen LogP contribution in [0.5, 0.6) is 0 Å². The fourth-order valence-electron chi connectivity index (χ4n) is 2.75. The van der Waals surface area contributed by atoms with Crippen LogP contribution in [0.4, 0.5) is 5.82 Å². The van der Waals surface area contributed by atoms with E-state index in [1.54, 1.807) is 16.8 Å². The summed E-state index contributed by atoms with van der Waals surface area (Å²) >= 11 is 5.91. The number of hydrogen-bond acceptors (Lipinski definition) is 2. The average Bonchev–Trinajstić information content (AvgIpc) is 2.76. The minimum atomic E-state index is -0.241. The van der Waals surface area contributed by atoms with E-state index < -0.39 is 0 Å². The first-order chi connectivity index (χ1) is 9.97. The molecule has 0 unspecified atom stereocenters. The van der Waals surface area contributed by atoms with Crippen molar-refractivity contribution in [2.24, 2.45) is 0 Å². The summed E-state index contributed by atoms with van der Waals surface area (Å²) in [5.74, 6) is 0.247. The van der Waals surface area contributed by atoms with E-state index in [4.69, 9.17) is 11.6 Å². The van der Waals surface area contributed by atoms with Gasteiger partial charge in [-0.25, -0.2) is 0 Å². The van der Waals surface area contributed by atoms with Crippen molar-refractivity contribution in [3.8, 4) is 0 Å². The van der Waals surface area contributed by atoms with Crippen LogP contribution < -0.4 is 10.9 Å². The molecule has 5 nitrogen and oxygen atoms in total. The molecule has 110 valence electrons. The van der Waals surface area contributed by atoms with Gasteiger partial charge in [0.2, 0.25) is 5.91 Å². The van der Waals surface area contributed by atoms with Crippen molar-refractivity contribution in [2.75, 3.05) is 5.32 Å². The number of aromatic nitrogens is 2. The number of fused-ring (bicyclic) bond motifs is 1. The van der Waals surface area contributed by atoms with E-state index in [2.05, 4.69) is 10.4 Å². The van der Waals surface area contributed by atoms with Crippen LogP contribution in [0.15, 0.2) is 29.1 Å². The molecule has 1 atom stereocenters. The van der Waals surface area contributed by atoms with Crippen molar-refractivity contribution in [3.63, 3.8) is 0 Å². The topological polar surface area (TPSA) is 66.9 Å². The van der Waals surface area contributed by atoms with Crippen molar-refractivity contribution in [1.29, 1.82) is 0 Å². The van der Waals surface area contributed by atoms with Crippen molar-refractivity contribution < 1.29 is 4.79 Å². The van der Waals surface area contributed by atoms with Gasteiger partial charge in [0.25, 0.3) is 5.56 Å². The summed E-state index contributed by atoms with van der Waals surface area (Å²) in [5, 5.41) is 6.25. The Morgan fingerprint density at radius 3 is 2.52 bits per heavy atom. The molecular formula is C15H16ClN3O2. The maximum atomic E-state index is 12.3. The van der Waals surface area contributed by atoms with Crippen LogP contribution in [-0.2, 0) is 4.79 Å². The van der Waals surface area contributed by atoms with Gasteiger partial charge in [0.15, 0.2) is 0 Å². The number of H-pyrrole nitrogens is 1. The maximum absolute atomic E-state index is 12.3. The highest BCUT2D eigenvalue weighted by Crippen LogP contribution is 2.36. The highest BCUT2D eigenvalue weighted by molar-refractivity contribution is 6.30. The summed E-state index contributed by atoms with van der Waals surface area (Å²) in [5.41, 5.74) is 1.38. The number of carbonyl (C=O) groups is 1. The van der Waals surface area contributed by atoms with Crippen LogP contribution >= 0.6 is 11.6 Å². The molecule has 0 saturated carbocycles. The van der Waals surface area contributed by atoms with Gasteiger partial charge in [-0.2, -0.15) is 0 Å². The zero-order valence-electron chi connectivity index (χ0n) is 11.8. The minimum Gasteiger partial charge on any atom is -0.311 e. The second kappa shape index (κ2) is 5.07. The van der Waals surface area contributed by atoms with E-state index in [9.17, 15) is 9.59 Å². The van der Waals surface area contributed by atoms with Gasteiger partial charge < -0.3 is 5.32 Å². The molecule has 2 N–H and O–H groups in total. The van der Waals surface area contributed by atoms with Gasteiger partial charge in [-0.3, -0.25) is 19.4 Å². The second-order valence-electron chi connectivity index (χ2n) is 5.52. The summed E-state index contributed by atoms with van der Waals surface area (Å²) in [6.45, 7) is 3.91. The van der Waals surface area contributed by atoms with Crippen molar-refractivity contribution in [1.82, 2.24) is 9.78 Å². The van der Waals surface area contributed by atoms with Crippen LogP contribution in [0.1, 0.15) is 43.4 Å². The number of rotatable bonds is 2. The lowest BCUT2D eigenvalue weighted by Crippen LogP contribution is -2.27. The quantitative estimate of drug-likeness (QED) is 0.896. The highest BCUT2D eigenvalue weighted by atomic mass is 35.5. The van der Waals surface area contributed by atoms with Gasteiger partial charge in [-0.05, 0) is 31.5 Å². The number of hydrogen-bond donors (Lipinski definition) is 2. The molecule has 0 aliphatic carbocycles. The third-order valence-corrected chi connectivity index (χ3v) is 4.00. The number of carbonyl (C=O) groups excluding carboxylic acids is 1. The third kappa shape index (κ3) is 2.38. The van der Waals surface area contributed by atoms with Crippen molar-refractivity contribution in [2.45, 2.75) is 32.2 Å². The summed E-state index contributed by atoms with van der Waals surface area (Å²) in [7, 11) is 0. The molecule has 0 spiro atoms. The molecule has 2 aromatic rings. The van der Waals surface area contributed by atoms with Gasteiger partial charge in [0.05, 0.1) is 5.56 Å². The van der Waals surface area contributed by atoms with Crippen LogP contribution in [0.2, 0.25) is 5.02 Å². The fourth-order valence-corrected chi connectivity index (χ4v) is 2.88. The molecule has 21 heavy (non-hydrogen) atoms. The minimum absolute atomic E-state index is 0.0608. The van der Waals surface area contributed by atoms with Gasteiger partial charge in [0.1, 0.15) is 5.82 Å².